The van der Waals surface area contributed by atoms with Crippen LogP contribution in [0.4, 0.5) is 21.0 Å². The molecule has 8 heteroatoms. The van der Waals surface area contributed by atoms with E-state index in [1.165, 1.54) is 6.20 Å². The highest BCUT2D eigenvalue weighted by Crippen LogP contribution is 2.33. The number of piperidine rings is 1. The Morgan fingerprint density at radius 2 is 1.92 bits per heavy atom. The van der Waals surface area contributed by atoms with Crippen molar-refractivity contribution in [3.05, 3.63) is 12.0 Å². The van der Waals surface area contributed by atoms with Crippen molar-refractivity contribution in [3.63, 3.8) is 0 Å². The number of aromatic nitrogens is 2. The minimum Gasteiger partial charge on any atom is -0.439 e. The van der Waals surface area contributed by atoms with Crippen LogP contribution in [0.3, 0.4) is 0 Å². The van der Waals surface area contributed by atoms with E-state index in [0.29, 0.717) is 24.9 Å². The second kappa shape index (κ2) is 5.75. The van der Waals surface area contributed by atoms with Gasteiger partial charge in [0.2, 0.25) is 5.95 Å². The van der Waals surface area contributed by atoms with Crippen LogP contribution in [-0.4, -0.2) is 66.3 Å². The van der Waals surface area contributed by atoms with Gasteiger partial charge in [-0.05, 0) is 25.7 Å². The minimum atomic E-state index is -0.504. The fourth-order valence-electron chi connectivity index (χ4n) is 3.93. The lowest BCUT2D eigenvalue weighted by Crippen LogP contribution is -2.51. The Morgan fingerprint density at radius 1 is 1.17 bits per heavy atom. The van der Waals surface area contributed by atoms with E-state index in [1.807, 2.05) is 9.80 Å². The lowest BCUT2D eigenvalue weighted by atomic mass is 9.93. The molecule has 3 saturated heterocycles. The van der Waals surface area contributed by atoms with Crippen molar-refractivity contribution in [1.82, 2.24) is 14.9 Å². The van der Waals surface area contributed by atoms with Crippen LogP contribution in [0.5, 0.6) is 0 Å². The molecule has 0 saturated carbocycles. The standard InChI is InChI=1S/C16H22FN5O2/c1-20-10-16(24-15(20)23)5-4-8-22(11-16)14-18-9-12(17)13(19-14)21-6-2-3-7-21/h9H,2-8,10-11H2,1H3/t16-/m1/s1. The van der Waals surface area contributed by atoms with Crippen molar-refractivity contribution in [3.8, 4) is 0 Å². The summed E-state index contributed by atoms with van der Waals surface area (Å²) >= 11 is 0. The third-order valence-corrected chi connectivity index (χ3v) is 5.08. The summed E-state index contributed by atoms with van der Waals surface area (Å²) in [5.74, 6) is 0.528. The lowest BCUT2D eigenvalue weighted by Gasteiger charge is -2.38. The van der Waals surface area contributed by atoms with Crippen molar-refractivity contribution in [2.75, 3.05) is 49.6 Å². The van der Waals surface area contributed by atoms with E-state index in [4.69, 9.17) is 4.74 Å². The molecule has 1 aromatic heterocycles. The van der Waals surface area contributed by atoms with Crippen LogP contribution in [-0.2, 0) is 4.74 Å². The maximum atomic E-state index is 14.1. The molecular weight excluding hydrogens is 313 g/mol. The molecule has 130 valence electrons. The summed E-state index contributed by atoms with van der Waals surface area (Å²) in [5, 5.41) is 0. The van der Waals surface area contributed by atoms with Crippen molar-refractivity contribution < 1.29 is 13.9 Å². The summed E-state index contributed by atoms with van der Waals surface area (Å²) in [7, 11) is 1.75. The predicted molar refractivity (Wildman–Crippen MR) is 86.7 cm³/mol. The van der Waals surface area contributed by atoms with Crippen molar-refractivity contribution in [2.24, 2.45) is 0 Å². The first kappa shape index (κ1) is 15.4. The van der Waals surface area contributed by atoms with Gasteiger partial charge < -0.3 is 19.4 Å². The molecular formula is C16H22FN5O2. The van der Waals surface area contributed by atoms with Crippen LogP contribution in [0.25, 0.3) is 0 Å². The third kappa shape index (κ3) is 2.63. The van der Waals surface area contributed by atoms with E-state index in [2.05, 4.69) is 9.97 Å². The first-order chi connectivity index (χ1) is 11.6. The number of hydrogen-bond acceptors (Lipinski definition) is 6. The molecule has 3 aliphatic rings. The van der Waals surface area contributed by atoms with E-state index in [1.54, 1.807) is 11.9 Å². The molecule has 1 spiro atoms. The van der Waals surface area contributed by atoms with Gasteiger partial charge in [-0.25, -0.2) is 14.2 Å². The quantitative estimate of drug-likeness (QED) is 0.819. The maximum absolute atomic E-state index is 14.1. The molecule has 7 nitrogen and oxygen atoms in total. The summed E-state index contributed by atoms with van der Waals surface area (Å²) in [4.78, 5) is 26.0. The van der Waals surface area contributed by atoms with Crippen molar-refractivity contribution >= 4 is 17.9 Å². The second-order valence-corrected chi connectivity index (χ2v) is 6.97. The van der Waals surface area contributed by atoms with Gasteiger partial charge in [0.25, 0.3) is 0 Å². The molecule has 3 aliphatic heterocycles. The average molecular weight is 335 g/mol. The van der Waals surface area contributed by atoms with E-state index in [9.17, 15) is 9.18 Å². The normalized spacial score (nSPS) is 27.2. The zero-order chi connectivity index (χ0) is 16.7. The Labute approximate surface area is 140 Å². The Hall–Kier alpha value is -2.12. The smallest absolute Gasteiger partial charge is 0.410 e. The second-order valence-electron chi connectivity index (χ2n) is 6.97. The molecule has 0 aliphatic carbocycles. The van der Waals surface area contributed by atoms with Gasteiger partial charge in [-0.1, -0.05) is 0 Å². The third-order valence-electron chi connectivity index (χ3n) is 5.08. The Morgan fingerprint density at radius 3 is 2.62 bits per heavy atom. The fourth-order valence-corrected chi connectivity index (χ4v) is 3.93. The van der Waals surface area contributed by atoms with Gasteiger partial charge in [-0.3, -0.25) is 0 Å². The summed E-state index contributed by atoms with van der Waals surface area (Å²) in [6.07, 6.45) is 4.82. The first-order valence-electron chi connectivity index (χ1n) is 8.53. The first-order valence-corrected chi connectivity index (χ1v) is 8.53. The number of amides is 1. The molecule has 0 aromatic carbocycles. The SMILES string of the molecule is CN1C[C@@]2(CCCN(c3ncc(F)c(N4CCCC4)n3)C2)OC1=O. The Bertz CT molecular complexity index is 651. The molecule has 1 aromatic rings. The van der Waals surface area contributed by atoms with Crippen LogP contribution in [0.2, 0.25) is 0 Å². The van der Waals surface area contributed by atoms with Crippen LogP contribution in [0.1, 0.15) is 25.7 Å². The lowest BCUT2D eigenvalue weighted by molar-refractivity contribution is 0.0443. The topological polar surface area (TPSA) is 61.8 Å². The summed E-state index contributed by atoms with van der Waals surface area (Å²) < 4.78 is 19.7. The van der Waals surface area contributed by atoms with E-state index >= 15 is 0 Å². The van der Waals surface area contributed by atoms with Crippen molar-refractivity contribution in [1.29, 1.82) is 0 Å². The van der Waals surface area contributed by atoms with Gasteiger partial charge in [0.1, 0.15) is 5.60 Å². The summed E-state index contributed by atoms with van der Waals surface area (Å²) in [6, 6.07) is 0. The number of nitrogens with zero attached hydrogens (tertiary/aromatic N) is 5. The summed E-state index contributed by atoms with van der Waals surface area (Å²) in [5.41, 5.74) is -0.504. The summed E-state index contributed by atoms with van der Waals surface area (Å²) in [6.45, 7) is 3.57. The molecule has 4 heterocycles. The molecule has 24 heavy (non-hydrogen) atoms. The number of hydrogen-bond donors (Lipinski definition) is 0. The van der Waals surface area contributed by atoms with Crippen LogP contribution in [0, 0.1) is 5.82 Å². The van der Waals surface area contributed by atoms with Crippen LogP contribution in [0.15, 0.2) is 6.20 Å². The molecule has 4 rings (SSSR count). The molecule has 1 atom stereocenters. The van der Waals surface area contributed by atoms with Gasteiger partial charge in [0.15, 0.2) is 11.6 Å². The molecule has 0 unspecified atom stereocenters. The zero-order valence-corrected chi connectivity index (χ0v) is 13.9. The van der Waals surface area contributed by atoms with Gasteiger partial charge >= 0.3 is 6.09 Å². The predicted octanol–water partition coefficient (Wildman–Crippen LogP) is 1.64. The van der Waals surface area contributed by atoms with E-state index in [0.717, 1.165) is 45.3 Å². The number of rotatable bonds is 2. The zero-order valence-electron chi connectivity index (χ0n) is 13.9. The number of ether oxygens (including phenoxy) is 1. The molecule has 1 amide bonds. The molecule has 0 radical (unpaired) electrons. The molecule has 0 N–H and O–H groups in total. The fraction of sp³-hybridized carbons (Fsp3) is 0.688. The van der Waals surface area contributed by atoms with Crippen LogP contribution >= 0.6 is 0 Å². The Kier molecular flexibility index (Phi) is 3.69. The van der Waals surface area contributed by atoms with Gasteiger partial charge in [0, 0.05) is 26.7 Å². The van der Waals surface area contributed by atoms with Crippen molar-refractivity contribution in [2.45, 2.75) is 31.3 Å². The highest BCUT2D eigenvalue weighted by molar-refractivity contribution is 5.70. The number of carbonyl (C=O) groups is 1. The van der Waals surface area contributed by atoms with Crippen LogP contribution < -0.4 is 9.80 Å². The largest absolute Gasteiger partial charge is 0.439 e. The van der Waals surface area contributed by atoms with E-state index in [-0.39, 0.29) is 11.9 Å². The number of anilines is 2. The number of carbonyl (C=O) groups excluding carboxylic acids is 1. The number of halogens is 1. The van der Waals surface area contributed by atoms with E-state index < -0.39 is 5.60 Å². The number of likely N-dealkylation sites (N-methyl/N-ethyl adjacent to an activating group) is 1. The van der Waals surface area contributed by atoms with Gasteiger partial charge in [0.05, 0.1) is 19.3 Å². The molecule has 0 bridgehead atoms. The van der Waals surface area contributed by atoms with Gasteiger partial charge in [-0.15, -0.1) is 0 Å². The maximum Gasteiger partial charge on any atom is 0.410 e. The molecule has 3 fully saturated rings. The average Bonchev–Trinajstić information content (AvgIpc) is 3.17. The monoisotopic (exact) mass is 335 g/mol. The minimum absolute atomic E-state index is 0.283. The highest BCUT2D eigenvalue weighted by atomic mass is 19.1. The van der Waals surface area contributed by atoms with Gasteiger partial charge in [-0.2, -0.15) is 4.98 Å². The Balaban J connectivity index is 1.57. The highest BCUT2D eigenvalue weighted by Gasteiger charge is 2.47.